The maximum atomic E-state index is 14.0. The first-order valence-electron chi connectivity index (χ1n) is 12.7. The molecule has 3 N–H and O–H groups in total. The lowest BCUT2D eigenvalue weighted by Gasteiger charge is -2.37. The third kappa shape index (κ3) is 6.05. The largest absolute Gasteiger partial charge is 0.378 e. The number of carbonyl (C=O) groups excluding carboxylic acids is 3. The summed E-state index contributed by atoms with van der Waals surface area (Å²) in [6.07, 6.45) is -1.71. The average Bonchev–Trinajstić information content (AvgIpc) is 3.05. The molecule has 0 saturated carbocycles. The van der Waals surface area contributed by atoms with Gasteiger partial charge in [0.25, 0.3) is 5.91 Å². The standard InChI is InChI=1S/C30H31F2N3O4/c1-18(33)28(37)35(30(39)27(36)21-13-23(31)16-24(32)14-21)26-25(20-11-7-4-8-12-20)15-22(17-34(2)29(26)38)19-9-5-3-6-10-19/h3-14,16,18,22,25-27,36H,15,17,33H2,1-2H3/t18-,22+,25-,26-,27-/m0/s1. The van der Waals surface area contributed by atoms with Gasteiger partial charge in [-0.25, -0.2) is 8.78 Å². The summed E-state index contributed by atoms with van der Waals surface area (Å²) < 4.78 is 27.9. The number of hydrogen-bond donors (Lipinski definition) is 2. The summed E-state index contributed by atoms with van der Waals surface area (Å²) in [4.78, 5) is 43.4. The van der Waals surface area contributed by atoms with Gasteiger partial charge in [0, 0.05) is 31.5 Å². The quantitative estimate of drug-likeness (QED) is 0.503. The predicted molar refractivity (Wildman–Crippen MR) is 141 cm³/mol. The summed E-state index contributed by atoms with van der Waals surface area (Å²) in [5.74, 6) is -5.37. The Hall–Kier alpha value is -3.95. The van der Waals surface area contributed by atoms with Gasteiger partial charge in [-0.1, -0.05) is 60.7 Å². The highest BCUT2D eigenvalue weighted by molar-refractivity contribution is 6.04. The number of hydrogen-bond acceptors (Lipinski definition) is 5. The normalized spacial score (nSPS) is 21.1. The van der Waals surface area contributed by atoms with Gasteiger partial charge in [0.15, 0.2) is 6.10 Å². The number of amides is 3. The summed E-state index contributed by atoms with van der Waals surface area (Å²) >= 11 is 0. The minimum absolute atomic E-state index is 0.125. The zero-order chi connectivity index (χ0) is 28.3. The van der Waals surface area contributed by atoms with Gasteiger partial charge in [-0.3, -0.25) is 19.3 Å². The number of benzene rings is 3. The number of halogens is 2. The minimum Gasteiger partial charge on any atom is -0.378 e. The molecule has 204 valence electrons. The SMILES string of the molecule is C[C@H](N)C(=O)N(C(=O)[C@@H](O)c1cc(F)cc(F)c1)[C@@H]1C(=O)N(C)C[C@H](c2ccccc2)C[C@H]1c1ccccc1. The highest BCUT2D eigenvalue weighted by Gasteiger charge is 2.47. The van der Waals surface area contributed by atoms with E-state index in [0.717, 1.165) is 17.7 Å². The first kappa shape index (κ1) is 28.1. The van der Waals surface area contributed by atoms with Crippen LogP contribution in [-0.4, -0.2) is 58.3 Å². The first-order chi connectivity index (χ1) is 18.6. The second-order valence-corrected chi connectivity index (χ2v) is 9.96. The van der Waals surface area contributed by atoms with Crippen molar-refractivity contribution in [3.8, 4) is 0 Å². The van der Waals surface area contributed by atoms with E-state index in [4.69, 9.17) is 5.73 Å². The zero-order valence-electron chi connectivity index (χ0n) is 21.7. The maximum Gasteiger partial charge on any atom is 0.263 e. The Labute approximate surface area is 225 Å². The van der Waals surface area contributed by atoms with Crippen molar-refractivity contribution in [2.75, 3.05) is 13.6 Å². The van der Waals surface area contributed by atoms with Crippen LogP contribution in [0.25, 0.3) is 0 Å². The van der Waals surface area contributed by atoms with Crippen molar-refractivity contribution in [2.24, 2.45) is 5.73 Å². The first-order valence-corrected chi connectivity index (χ1v) is 12.7. The van der Waals surface area contributed by atoms with E-state index in [2.05, 4.69) is 0 Å². The van der Waals surface area contributed by atoms with Crippen LogP contribution in [0.3, 0.4) is 0 Å². The lowest BCUT2D eigenvalue weighted by Crippen LogP contribution is -2.58. The van der Waals surface area contributed by atoms with Gasteiger partial charge in [-0.05, 0) is 42.2 Å². The summed E-state index contributed by atoms with van der Waals surface area (Å²) in [5, 5.41) is 10.9. The molecule has 9 heteroatoms. The van der Waals surface area contributed by atoms with E-state index in [1.165, 1.54) is 11.8 Å². The van der Waals surface area contributed by atoms with Crippen LogP contribution in [-0.2, 0) is 14.4 Å². The zero-order valence-corrected chi connectivity index (χ0v) is 21.7. The molecule has 0 spiro atoms. The predicted octanol–water partition coefficient (Wildman–Crippen LogP) is 3.50. The Kier molecular flexibility index (Phi) is 8.52. The van der Waals surface area contributed by atoms with E-state index in [0.29, 0.717) is 29.5 Å². The molecular formula is C30H31F2N3O4. The Balaban J connectivity index is 1.85. The van der Waals surface area contributed by atoms with Gasteiger partial charge in [0.05, 0.1) is 6.04 Å². The third-order valence-corrected chi connectivity index (χ3v) is 7.12. The van der Waals surface area contributed by atoms with Gasteiger partial charge in [-0.2, -0.15) is 0 Å². The average molecular weight is 536 g/mol. The fraction of sp³-hybridized carbons (Fsp3) is 0.300. The Morgan fingerprint density at radius 3 is 2.03 bits per heavy atom. The smallest absolute Gasteiger partial charge is 0.263 e. The lowest BCUT2D eigenvalue weighted by atomic mass is 9.81. The Morgan fingerprint density at radius 1 is 0.949 bits per heavy atom. The molecule has 1 saturated heterocycles. The van der Waals surface area contributed by atoms with E-state index in [1.807, 2.05) is 48.5 Å². The van der Waals surface area contributed by atoms with Crippen molar-refractivity contribution in [1.29, 1.82) is 0 Å². The van der Waals surface area contributed by atoms with E-state index in [1.54, 1.807) is 19.2 Å². The van der Waals surface area contributed by atoms with Crippen molar-refractivity contribution in [2.45, 2.75) is 43.4 Å². The van der Waals surface area contributed by atoms with Crippen LogP contribution in [0, 0.1) is 11.6 Å². The molecule has 1 aliphatic rings. The number of aliphatic hydroxyl groups excluding tert-OH is 1. The molecule has 1 aliphatic heterocycles. The number of aliphatic hydroxyl groups is 1. The molecule has 0 bridgehead atoms. The van der Waals surface area contributed by atoms with Crippen LogP contribution in [0.15, 0.2) is 78.9 Å². The summed E-state index contributed by atoms with van der Waals surface area (Å²) in [7, 11) is 1.59. The molecular weight excluding hydrogens is 504 g/mol. The van der Waals surface area contributed by atoms with Crippen LogP contribution >= 0.6 is 0 Å². The van der Waals surface area contributed by atoms with Crippen LogP contribution in [0.1, 0.15) is 48.0 Å². The van der Waals surface area contributed by atoms with Crippen LogP contribution < -0.4 is 5.73 Å². The Bertz CT molecular complexity index is 1320. The summed E-state index contributed by atoms with van der Waals surface area (Å²) in [5.41, 5.74) is 7.25. The van der Waals surface area contributed by atoms with Gasteiger partial charge in [-0.15, -0.1) is 0 Å². The summed E-state index contributed by atoms with van der Waals surface area (Å²) in [6, 6.07) is 18.3. The third-order valence-electron chi connectivity index (χ3n) is 7.12. The van der Waals surface area contributed by atoms with Crippen LogP contribution in [0.5, 0.6) is 0 Å². The monoisotopic (exact) mass is 535 g/mol. The number of nitrogens with two attached hydrogens (primary N) is 1. The number of rotatable bonds is 6. The number of likely N-dealkylation sites (N-methyl/N-ethyl adjacent to an activating group) is 1. The van der Waals surface area contributed by atoms with Crippen molar-refractivity contribution in [3.63, 3.8) is 0 Å². The van der Waals surface area contributed by atoms with Crippen molar-refractivity contribution in [1.82, 2.24) is 9.80 Å². The molecule has 5 atom stereocenters. The van der Waals surface area contributed by atoms with Gasteiger partial charge in [0.2, 0.25) is 11.8 Å². The van der Waals surface area contributed by atoms with E-state index < -0.39 is 53.5 Å². The van der Waals surface area contributed by atoms with Gasteiger partial charge < -0.3 is 15.7 Å². The van der Waals surface area contributed by atoms with Gasteiger partial charge in [0.1, 0.15) is 17.7 Å². The van der Waals surface area contributed by atoms with Crippen molar-refractivity contribution < 1.29 is 28.3 Å². The molecule has 7 nitrogen and oxygen atoms in total. The number of carbonyl (C=O) groups is 3. The molecule has 3 amide bonds. The number of nitrogens with zero attached hydrogens (tertiary/aromatic N) is 2. The van der Waals surface area contributed by atoms with Crippen molar-refractivity contribution >= 4 is 17.7 Å². The highest BCUT2D eigenvalue weighted by atomic mass is 19.1. The fourth-order valence-corrected chi connectivity index (χ4v) is 5.21. The van der Waals surface area contributed by atoms with E-state index >= 15 is 0 Å². The maximum absolute atomic E-state index is 14.0. The molecule has 3 aromatic carbocycles. The number of likely N-dealkylation sites (tertiary alicyclic amines) is 1. The molecule has 0 radical (unpaired) electrons. The fourth-order valence-electron chi connectivity index (χ4n) is 5.21. The van der Waals surface area contributed by atoms with Crippen LogP contribution in [0.2, 0.25) is 0 Å². The number of imide groups is 1. The molecule has 0 aromatic heterocycles. The second-order valence-electron chi connectivity index (χ2n) is 9.96. The van der Waals surface area contributed by atoms with E-state index in [9.17, 15) is 28.3 Å². The molecule has 0 aliphatic carbocycles. The summed E-state index contributed by atoms with van der Waals surface area (Å²) in [6.45, 7) is 1.70. The molecule has 39 heavy (non-hydrogen) atoms. The topological polar surface area (TPSA) is 104 Å². The Morgan fingerprint density at radius 2 is 1.49 bits per heavy atom. The molecule has 1 heterocycles. The molecule has 0 unspecified atom stereocenters. The van der Waals surface area contributed by atoms with E-state index in [-0.39, 0.29) is 11.5 Å². The molecule has 3 aromatic rings. The minimum atomic E-state index is -2.11. The molecule has 1 fully saturated rings. The lowest BCUT2D eigenvalue weighted by molar-refractivity contribution is -0.160. The second kappa shape index (κ2) is 11.8. The van der Waals surface area contributed by atoms with Crippen LogP contribution in [0.4, 0.5) is 8.78 Å². The molecule has 4 rings (SSSR count). The van der Waals surface area contributed by atoms with Gasteiger partial charge >= 0.3 is 0 Å². The van der Waals surface area contributed by atoms with Crippen molar-refractivity contribution in [3.05, 3.63) is 107 Å². The highest BCUT2D eigenvalue weighted by Crippen LogP contribution is 2.39.